The molecule has 0 aliphatic heterocycles. The van der Waals surface area contributed by atoms with E-state index in [9.17, 15) is 14.4 Å². The Morgan fingerprint density at radius 2 is 1.84 bits per heavy atom. The minimum Gasteiger partial charge on any atom is -0.444 e. The highest BCUT2D eigenvalue weighted by Crippen LogP contribution is 2.32. The first-order chi connectivity index (χ1) is 15.2. The summed E-state index contributed by atoms with van der Waals surface area (Å²) < 4.78 is 10.4. The van der Waals surface area contributed by atoms with Crippen LogP contribution in [0.1, 0.15) is 31.1 Å². The van der Waals surface area contributed by atoms with Gasteiger partial charge < -0.3 is 14.5 Å². The normalized spacial score (nSPS) is 11.3. The van der Waals surface area contributed by atoms with Crippen molar-refractivity contribution >= 4 is 45.8 Å². The van der Waals surface area contributed by atoms with Crippen molar-refractivity contribution < 1.29 is 18.7 Å². The highest BCUT2D eigenvalue weighted by atomic mass is 32.1. The van der Waals surface area contributed by atoms with Gasteiger partial charge >= 0.3 is 11.8 Å². The van der Waals surface area contributed by atoms with Gasteiger partial charge in [-0.05, 0) is 68.1 Å². The van der Waals surface area contributed by atoms with E-state index in [1.165, 1.54) is 6.07 Å². The molecule has 0 aliphatic carbocycles. The van der Waals surface area contributed by atoms with Crippen LogP contribution in [0.4, 0.5) is 16.2 Å². The van der Waals surface area contributed by atoms with E-state index in [-0.39, 0.29) is 5.58 Å². The molecule has 0 spiro atoms. The summed E-state index contributed by atoms with van der Waals surface area (Å²) in [6.45, 7) is 5.31. The Hall–Kier alpha value is -3.85. The number of oxazole rings is 1. The van der Waals surface area contributed by atoms with Gasteiger partial charge in [0.2, 0.25) is 0 Å². The van der Waals surface area contributed by atoms with E-state index in [1.807, 2.05) is 23.6 Å². The van der Waals surface area contributed by atoms with Crippen LogP contribution in [0.25, 0.3) is 21.5 Å². The van der Waals surface area contributed by atoms with E-state index in [4.69, 9.17) is 9.15 Å². The number of aromatic nitrogens is 1. The third kappa shape index (κ3) is 4.89. The van der Waals surface area contributed by atoms with Crippen LogP contribution in [0.3, 0.4) is 0 Å². The van der Waals surface area contributed by atoms with Crippen LogP contribution in [0.5, 0.6) is 0 Å². The number of thiophene rings is 1. The molecule has 0 radical (unpaired) electrons. The van der Waals surface area contributed by atoms with Gasteiger partial charge in [-0.15, -0.1) is 11.3 Å². The zero-order valence-corrected chi connectivity index (χ0v) is 18.5. The number of amides is 2. The van der Waals surface area contributed by atoms with E-state index in [2.05, 4.69) is 15.6 Å². The van der Waals surface area contributed by atoms with E-state index in [1.54, 1.807) is 56.4 Å². The van der Waals surface area contributed by atoms with Crippen LogP contribution in [0.2, 0.25) is 0 Å². The molecule has 0 unspecified atom stereocenters. The zero-order valence-electron chi connectivity index (χ0n) is 17.6. The number of ether oxygens (including phenoxy) is 1. The van der Waals surface area contributed by atoms with E-state index >= 15 is 0 Å². The molecule has 0 bridgehead atoms. The van der Waals surface area contributed by atoms with Gasteiger partial charge in [0.25, 0.3) is 5.91 Å². The smallest absolute Gasteiger partial charge is 0.417 e. The van der Waals surface area contributed by atoms with Crippen LogP contribution >= 0.6 is 11.3 Å². The van der Waals surface area contributed by atoms with Gasteiger partial charge in [-0.2, -0.15) is 0 Å². The molecule has 2 amide bonds. The Labute approximate surface area is 187 Å². The fraction of sp³-hybridized carbons (Fsp3) is 0.174. The minimum absolute atomic E-state index is 0.280. The Bertz CT molecular complexity index is 1350. The Morgan fingerprint density at radius 1 is 1.03 bits per heavy atom. The molecule has 3 N–H and O–H groups in total. The lowest BCUT2D eigenvalue weighted by Gasteiger charge is -2.21. The third-order valence-electron chi connectivity index (χ3n) is 4.39. The van der Waals surface area contributed by atoms with Crippen molar-refractivity contribution in [1.29, 1.82) is 0 Å². The maximum Gasteiger partial charge on any atom is 0.417 e. The summed E-state index contributed by atoms with van der Waals surface area (Å²) in [6.07, 6.45) is -0.632. The van der Waals surface area contributed by atoms with Crippen LogP contribution in [-0.4, -0.2) is 22.6 Å². The minimum atomic E-state index is -0.666. The lowest BCUT2D eigenvalue weighted by atomic mass is 10.1. The molecule has 0 saturated carbocycles. The summed E-state index contributed by atoms with van der Waals surface area (Å²) >= 11 is 1.56. The predicted octanol–water partition coefficient (Wildman–Crippen LogP) is 5.45. The summed E-state index contributed by atoms with van der Waals surface area (Å²) in [5.41, 5.74) is 2.09. The highest BCUT2D eigenvalue weighted by molar-refractivity contribution is 7.13. The molecule has 0 saturated heterocycles. The lowest BCUT2D eigenvalue weighted by Crippen LogP contribution is -2.27. The Morgan fingerprint density at radius 3 is 2.56 bits per heavy atom. The number of hydrogen-bond donors (Lipinski definition) is 3. The van der Waals surface area contributed by atoms with Crippen LogP contribution < -0.4 is 16.4 Å². The van der Waals surface area contributed by atoms with Crippen molar-refractivity contribution in [2.75, 3.05) is 10.6 Å². The first-order valence-electron chi connectivity index (χ1n) is 9.80. The van der Waals surface area contributed by atoms with Crippen molar-refractivity contribution in [3.05, 3.63) is 70.0 Å². The molecule has 4 aromatic rings. The molecule has 2 aromatic heterocycles. The van der Waals surface area contributed by atoms with Gasteiger partial charge in [-0.3, -0.25) is 15.1 Å². The number of carbonyl (C=O) groups is 2. The maximum atomic E-state index is 12.9. The molecule has 0 aliphatic rings. The zero-order chi connectivity index (χ0) is 22.9. The van der Waals surface area contributed by atoms with E-state index in [0.29, 0.717) is 22.5 Å². The second-order valence-electron chi connectivity index (χ2n) is 8.04. The van der Waals surface area contributed by atoms with Crippen molar-refractivity contribution in [1.82, 2.24) is 4.98 Å². The number of nitrogens with one attached hydrogen (secondary N) is 3. The number of anilines is 2. The van der Waals surface area contributed by atoms with Gasteiger partial charge in [0.15, 0.2) is 5.58 Å². The van der Waals surface area contributed by atoms with Gasteiger partial charge in [-0.25, -0.2) is 9.59 Å². The monoisotopic (exact) mass is 451 g/mol. The molecule has 0 fully saturated rings. The molecular formula is C23H21N3O5S. The van der Waals surface area contributed by atoms with Crippen molar-refractivity contribution in [2.24, 2.45) is 0 Å². The molecular weight excluding hydrogens is 430 g/mol. The quantitative estimate of drug-likeness (QED) is 0.382. The van der Waals surface area contributed by atoms with Crippen LogP contribution in [0.15, 0.2) is 63.1 Å². The Balaban J connectivity index is 1.65. The predicted molar refractivity (Wildman–Crippen MR) is 124 cm³/mol. The van der Waals surface area contributed by atoms with Gasteiger partial charge in [0.05, 0.1) is 16.9 Å². The van der Waals surface area contributed by atoms with E-state index in [0.717, 1.165) is 10.4 Å². The number of aromatic amines is 1. The highest BCUT2D eigenvalue weighted by Gasteiger charge is 2.19. The largest absolute Gasteiger partial charge is 0.444 e. The number of benzene rings is 2. The molecule has 4 rings (SSSR count). The molecule has 164 valence electrons. The summed E-state index contributed by atoms with van der Waals surface area (Å²) in [7, 11) is 0. The van der Waals surface area contributed by atoms with Crippen LogP contribution in [-0.2, 0) is 4.74 Å². The second-order valence-corrected chi connectivity index (χ2v) is 8.99. The summed E-state index contributed by atoms with van der Waals surface area (Å²) in [5, 5.41) is 7.48. The molecule has 2 heterocycles. The van der Waals surface area contributed by atoms with Crippen molar-refractivity contribution in [3.8, 4) is 10.4 Å². The number of hydrogen-bond acceptors (Lipinski definition) is 6. The fourth-order valence-corrected chi connectivity index (χ4v) is 3.77. The van der Waals surface area contributed by atoms with Crippen molar-refractivity contribution in [3.63, 3.8) is 0 Å². The summed E-state index contributed by atoms with van der Waals surface area (Å²) in [6, 6.07) is 13.9. The van der Waals surface area contributed by atoms with Gasteiger partial charge in [-0.1, -0.05) is 12.1 Å². The first-order valence-corrected chi connectivity index (χ1v) is 10.7. The third-order valence-corrected chi connectivity index (χ3v) is 5.31. The first kappa shape index (κ1) is 21.4. The number of fused-ring (bicyclic) bond motifs is 1. The second kappa shape index (κ2) is 8.35. The SMILES string of the molecule is CC(C)(C)OC(=O)Nc1ccc(-c2cccs2)cc1NC(=O)c1ccc2[nH]c(=O)oc2c1. The van der Waals surface area contributed by atoms with Crippen LogP contribution in [0, 0.1) is 0 Å². The topological polar surface area (TPSA) is 113 Å². The average Bonchev–Trinajstić information content (AvgIpc) is 3.36. The summed E-state index contributed by atoms with van der Waals surface area (Å²) in [5.74, 6) is -1.02. The number of H-pyrrole nitrogens is 1. The summed E-state index contributed by atoms with van der Waals surface area (Å²) in [4.78, 5) is 40.2. The maximum absolute atomic E-state index is 12.9. The fourth-order valence-electron chi connectivity index (χ4n) is 3.05. The molecule has 8 nitrogen and oxygen atoms in total. The standard InChI is InChI=1S/C23H21N3O5S/c1-23(2,3)31-22(29)25-15-8-6-13(19-5-4-10-32-19)11-17(15)24-20(27)14-7-9-16-18(12-14)30-21(28)26-16/h4-12H,1-3H3,(H,24,27)(H,25,29)(H,26,28). The van der Waals surface area contributed by atoms with Crippen molar-refractivity contribution in [2.45, 2.75) is 26.4 Å². The van der Waals surface area contributed by atoms with E-state index < -0.39 is 23.4 Å². The van der Waals surface area contributed by atoms with Gasteiger partial charge in [0, 0.05) is 10.4 Å². The molecule has 0 atom stereocenters. The molecule has 32 heavy (non-hydrogen) atoms. The number of rotatable bonds is 4. The molecule has 9 heteroatoms. The Kier molecular flexibility index (Phi) is 5.58. The van der Waals surface area contributed by atoms with Gasteiger partial charge in [0.1, 0.15) is 5.60 Å². The average molecular weight is 452 g/mol. The lowest BCUT2D eigenvalue weighted by molar-refractivity contribution is 0.0635. The number of carbonyl (C=O) groups excluding carboxylic acids is 2. The molecule has 2 aromatic carbocycles.